The summed E-state index contributed by atoms with van der Waals surface area (Å²) < 4.78 is 43.6. The molecule has 0 aliphatic rings. The van der Waals surface area contributed by atoms with Gasteiger partial charge in [0, 0.05) is 17.0 Å². The number of carbonyl (C=O) groups is 1. The zero-order chi connectivity index (χ0) is 18.0. The van der Waals surface area contributed by atoms with Crippen LogP contribution in [0.15, 0.2) is 46.3 Å². The third kappa shape index (κ3) is 4.05. The molecule has 0 spiro atoms. The Morgan fingerprint density at radius 2 is 2.00 bits per heavy atom. The number of hydrogen-bond acceptors (Lipinski definition) is 5. The van der Waals surface area contributed by atoms with Crippen LogP contribution in [0.5, 0.6) is 0 Å². The molecule has 1 aromatic carbocycles. The van der Waals surface area contributed by atoms with Crippen molar-refractivity contribution >= 4 is 22.4 Å². The summed E-state index contributed by atoms with van der Waals surface area (Å²) in [5.74, 6) is -1.22. The molecule has 0 saturated carbocycles. The standard InChI is InChI=1S/C16H12F3N3O2S/c1-10-8-25-15(20-10)22(9-16(17,18)19)14(23)13-7-12(21-24-13)11-5-3-2-4-6-11/h2-8H,9H2,1H3. The summed E-state index contributed by atoms with van der Waals surface area (Å²) in [5, 5.41) is 5.29. The highest BCUT2D eigenvalue weighted by molar-refractivity contribution is 7.14. The molecular weight excluding hydrogens is 355 g/mol. The number of amides is 1. The van der Waals surface area contributed by atoms with E-state index in [1.165, 1.54) is 6.07 Å². The lowest BCUT2D eigenvalue weighted by atomic mass is 10.1. The number of hydrogen-bond donors (Lipinski definition) is 0. The van der Waals surface area contributed by atoms with Crippen LogP contribution in [-0.4, -0.2) is 28.8 Å². The Bertz CT molecular complexity index is 874. The minimum atomic E-state index is -4.57. The van der Waals surface area contributed by atoms with E-state index in [-0.39, 0.29) is 10.9 Å². The SMILES string of the molecule is Cc1csc(N(CC(F)(F)F)C(=O)c2cc(-c3ccccc3)no2)n1. The molecule has 0 aliphatic carbocycles. The van der Waals surface area contributed by atoms with Crippen LogP contribution in [0.3, 0.4) is 0 Å². The molecule has 0 N–H and O–H groups in total. The van der Waals surface area contributed by atoms with Gasteiger partial charge in [0.25, 0.3) is 5.91 Å². The van der Waals surface area contributed by atoms with Gasteiger partial charge in [0.1, 0.15) is 12.2 Å². The quantitative estimate of drug-likeness (QED) is 0.689. The molecule has 0 atom stereocenters. The van der Waals surface area contributed by atoms with E-state index in [0.29, 0.717) is 21.9 Å². The van der Waals surface area contributed by atoms with Crippen molar-refractivity contribution in [1.82, 2.24) is 10.1 Å². The van der Waals surface area contributed by atoms with Crippen molar-refractivity contribution in [3.63, 3.8) is 0 Å². The van der Waals surface area contributed by atoms with Crippen molar-refractivity contribution < 1.29 is 22.5 Å². The lowest BCUT2D eigenvalue weighted by molar-refractivity contribution is -0.118. The molecule has 25 heavy (non-hydrogen) atoms. The average Bonchev–Trinajstić information content (AvgIpc) is 3.21. The number of rotatable bonds is 4. The Hall–Kier alpha value is -2.68. The minimum Gasteiger partial charge on any atom is -0.350 e. The Morgan fingerprint density at radius 1 is 1.28 bits per heavy atom. The summed E-state index contributed by atoms with van der Waals surface area (Å²) in [7, 11) is 0. The molecule has 5 nitrogen and oxygen atoms in total. The summed E-state index contributed by atoms with van der Waals surface area (Å²) in [6, 6.07) is 10.2. The van der Waals surface area contributed by atoms with E-state index in [1.807, 2.05) is 6.07 Å². The average molecular weight is 367 g/mol. The fourth-order valence-electron chi connectivity index (χ4n) is 2.13. The second-order valence-electron chi connectivity index (χ2n) is 5.22. The molecule has 130 valence electrons. The maximum atomic E-state index is 12.9. The highest BCUT2D eigenvalue weighted by Crippen LogP contribution is 2.28. The van der Waals surface area contributed by atoms with Gasteiger partial charge in [-0.1, -0.05) is 35.5 Å². The van der Waals surface area contributed by atoms with E-state index in [0.717, 1.165) is 11.3 Å². The highest BCUT2D eigenvalue weighted by atomic mass is 32.1. The number of benzene rings is 1. The van der Waals surface area contributed by atoms with Crippen LogP contribution in [0, 0.1) is 6.92 Å². The van der Waals surface area contributed by atoms with Crippen molar-refractivity contribution in [2.24, 2.45) is 0 Å². The molecule has 1 amide bonds. The van der Waals surface area contributed by atoms with Gasteiger partial charge in [-0.25, -0.2) is 4.98 Å². The molecule has 0 aliphatic heterocycles. The normalized spacial score (nSPS) is 11.5. The zero-order valence-corrected chi connectivity index (χ0v) is 13.8. The molecule has 3 aromatic rings. The monoisotopic (exact) mass is 367 g/mol. The second-order valence-corrected chi connectivity index (χ2v) is 6.06. The lowest BCUT2D eigenvalue weighted by Gasteiger charge is -2.19. The van der Waals surface area contributed by atoms with Crippen LogP contribution in [0.25, 0.3) is 11.3 Å². The van der Waals surface area contributed by atoms with Crippen LogP contribution in [0.2, 0.25) is 0 Å². The summed E-state index contributed by atoms with van der Waals surface area (Å²) >= 11 is 0.956. The van der Waals surface area contributed by atoms with Gasteiger partial charge in [0.05, 0.1) is 5.69 Å². The van der Waals surface area contributed by atoms with E-state index in [2.05, 4.69) is 10.1 Å². The summed E-state index contributed by atoms with van der Waals surface area (Å²) in [6.45, 7) is 0.179. The van der Waals surface area contributed by atoms with Gasteiger partial charge in [0.15, 0.2) is 5.13 Å². The van der Waals surface area contributed by atoms with Crippen LogP contribution in [-0.2, 0) is 0 Å². The number of aryl methyl sites for hydroxylation is 1. The number of halogens is 3. The molecule has 0 bridgehead atoms. The topological polar surface area (TPSA) is 59.2 Å². The van der Waals surface area contributed by atoms with Crippen molar-refractivity contribution in [3.05, 3.63) is 53.2 Å². The van der Waals surface area contributed by atoms with Gasteiger partial charge in [-0.2, -0.15) is 13.2 Å². The predicted molar refractivity (Wildman–Crippen MR) is 86.5 cm³/mol. The fraction of sp³-hybridized carbons (Fsp3) is 0.188. The van der Waals surface area contributed by atoms with Crippen molar-refractivity contribution in [1.29, 1.82) is 0 Å². The first-order valence-electron chi connectivity index (χ1n) is 7.16. The smallest absolute Gasteiger partial charge is 0.350 e. The van der Waals surface area contributed by atoms with Crippen LogP contribution >= 0.6 is 11.3 Å². The van der Waals surface area contributed by atoms with E-state index in [1.54, 1.807) is 36.6 Å². The molecule has 2 heterocycles. The van der Waals surface area contributed by atoms with Crippen molar-refractivity contribution in [3.8, 4) is 11.3 Å². The third-order valence-corrected chi connectivity index (χ3v) is 4.19. The van der Waals surface area contributed by atoms with Gasteiger partial charge in [-0.3, -0.25) is 9.69 Å². The van der Waals surface area contributed by atoms with Crippen LogP contribution in [0.4, 0.5) is 18.3 Å². The molecule has 0 unspecified atom stereocenters. The first kappa shape index (κ1) is 17.2. The zero-order valence-electron chi connectivity index (χ0n) is 12.9. The predicted octanol–water partition coefficient (Wildman–Crippen LogP) is 4.32. The molecule has 3 rings (SSSR count). The maximum Gasteiger partial charge on any atom is 0.406 e. The molecular formula is C16H12F3N3O2S. The van der Waals surface area contributed by atoms with E-state index < -0.39 is 18.6 Å². The largest absolute Gasteiger partial charge is 0.406 e. The Kier molecular flexibility index (Phi) is 4.58. The molecule has 0 saturated heterocycles. The van der Waals surface area contributed by atoms with Gasteiger partial charge in [-0.05, 0) is 6.92 Å². The molecule has 0 fully saturated rings. The fourth-order valence-corrected chi connectivity index (χ4v) is 2.93. The molecule has 0 radical (unpaired) electrons. The van der Waals surface area contributed by atoms with Crippen LogP contribution in [0.1, 0.15) is 16.2 Å². The maximum absolute atomic E-state index is 12.9. The van der Waals surface area contributed by atoms with Gasteiger partial charge in [0.2, 0.25) is 5.76 Å². The first-order valence-corrected chi connectivity index (χ1v) is 8.04. The van der Waals surface area contributed by atoms with E-state index in [4.69, 9.17) is 4.52 Å². The van der Waals surface area contributed by atoms with Crippen molar-refractivity contribution in [2.75, 3.05) is 11.4 Å². The van der Waals surface area contributed by atoms with Gasteiger partial charge >= 0.3 is 6.18 Å². The first-order chi connectivity index (χ1) is 11.8. The summed E-state index contributed by atoms with van der Waals surface area (Å²) in [5.41, 5.74) is 1.59. The van der Waals surface area contributed by atoms with Crippen molar-refractivity contribution in [2.45, 2.75) is 13.1 Å². The third-order valence-electron chi connectivity index (χ3n) is 3.21. The summed E-state index contributed by atoms with van der Waals surface area (Å²) in [6.07, 6.45) is -4.57. The van der Waals surface area contributed by atoms with E-state index in [9.17, 15) is 18.0 Å². The van der Waals surface area contributed by atoms with E-state index >= 15 is 0 Å². The number of nitrogens with zero attached hydrogens (tertiary/aromatic N) is 3. The number of carbonyl (C=O) groups excluding carboxylic acids is 1. The second kappa shape index (κ2) is 6.67. The summed E-state index contributed by atoms with van der Waals surface area (Å²) in [4.78, 5) is 17.1. The highest BCUT2D eigenvalue weighted by Gasteiger charge is 2.36. The van der Waals surface area contributed by atoms with Gasteiger partial charge < -0.3 is 4.52 Å². The number of aromatic nitrogens is 2. The molecule has 2 aromatic heterocycles. The number of thiazole rings is 1. The Balaban J connectivity index is 1.91. The minimum absolute atomic E-state index is 0.0440. The Morgan fingerprint density at radius 3 is 2.60 bits per heavy atom. The van der Waals surface area contributed by atoms with Gasteiger partial charge in [-0.15, -0.1) is 11.3 Å². The Labute approximate surface area is 144 Å². The van der Waals surface area contributed by atoms with Crippen LogP contribution < -0.4 is 4.90 Å². The lowest BCUT2D eigenvalue weighted by Crippen LogP contribution is -2.39. The molecule has 9 heteroatoms. The number of anilines is 1. The number of alkyl halides is 3.